The van der Waals surface area contributed by atoms with Crippen molar-refractivity contribution in [2.45, 2.75) is 0 Å². The van der Waals surface area contributed by atoms with Crippen molar-refractivity contribution in [3.8, 4) is 0 Å². The van der Waals surface area contributed by atoms with E-state index < -0.39 is 60.2 Å². The van der Waals surface area contributed by atoms with Gasteiger partial charge in [0.05, 0.1) is 0 Å². The van der Waals surface area contributed by atoms with Crippen molar-refractivity contribution in [2.75, 3.05) is 0 Å². The number of rotatable bonds is 0. The van der Waals surface area contributed by atoms with E-state index in [0.29, 0.717) is 0 Å². The molecule has 0 aliphatic rings. The van der Waals surface area contributed by atoms with Crippen molar-refractivity contribution in [1.29, 1.82) is 0 Å². The van der Waals surface area contributed by atoms with E-state index >= 15 is 0 Å². The predicted molar refractivity (Wildman–Crippen MR) is 67.9 cm³/mol. The minimum absolute atomic E-state index is 0. The third-order valence-electron chi connectivity index (χ3n) is 0. The van der Waals surface area contributed by atoms with Crippen molar-refractivity contribution in [2.24, 2.45) is 0 Å². The van der Waals surface area contributed by atoms with Crippen molar-refractivity contribution >= 4 is 178 Å². The molecule has 0 spiro atoms. The molecule has 19 heavy (non-hydrogen) atoms. The zero-order valence-corrected chi connectivity index (χ0v) is 14.2. The summed E-state index contributed by atoms with van der Waals surface area (Å²) in [5, 5.41) is 0. The van der Waals surface area contributed by atoms with Crippen molar-refractivity contribution in [3.63, 3.8) is 0 Å². The molecule has 0 rings (SSSR count). The van der Waals surface area contributed by atoms with E-state index in [0.717, 1.165) is 0 Å². The Morgan fingerprint density at radius 2 is 0.368 bits per heavy atom. The summed E-state index contributed by atoms with van der Waals surface area (Å²) >= 11 is -16.0. The zero-order chi connectivity index (χ0) is 13.5. The summed E-state index contributed by atoms with van der Waals surface area (Å²) in [6.45, 7) is 0. The van der Waals surface area contributed by atoms with Crippen LogP contribution in [0.5, 0.6) is 0 Å². The van der Waals surface area contributed by atoms with E-state index in [1.807, 2.05) is 0 Å². The summed E-state index contributed by atoms with van der Waals surface area (Å²) in [4.78, 5) is 0. The summed E-state index contributed by atoms with van der Waals surface area (Å²) in [6.07, 6.45) is 0. The average Bonchev–Trinajstić information content (AvgIpc) is 1.41. The summed E-state index contributed by atoms with van der Waals surface area (Å²) in [6, 6.07) is 0. The van der Waals surface area contributed by atoms with Gasteiger partial charge in [-0.05, 0) is 0 Å². The fraction of sp³-hybridized carbons (Fsp3) is 0. The van der Waals surface area contributed by atoms with Gasteiger partial charge in [0, 0.05) is 0 Å². The zero-order valence-electron chi connectivity index (χ0n) is 6.59. The van der Waals surface area contributed by atoms with Gasteiger partial charge in [0.2, 0.25) is 0 Å². The molecule has 0 aromatic rings. The molecule has 12 nitrogen and oxygen atoms in total. The van der Waals surface area contributed by atoms with E-state index in [1.54, 1.807) is 0 Å². The van der Waals surface area contributed by atoms with Crippen LogP contribution in [0.1, 0.15) is 0 Å². The second-order valence-corrected chi connectivity index (χ2v) is 10.3. The van der Waals surface area contributed by atoms with E-state index in [9.17, 15) is 0 Å². The summed E-state index contributed by atoms with van der Waals surface area (Å²) in [5.74, 6) is 0. The van der Waals surface area contributed by atoms with Crippen molar-refractivity contribution < 1.29 is 39.5 Å². The van der Waals surface area contributed by atoms with Crippen LogP contribution in [-0.4, -0.2) is 209 Å². The maximum atomic E-state index is 8.97. The third kappa shape index (κ3) is 360. The molecule has 0 atom stereocenters. The van der Waals surface area contributed by atoms with Gasteiger partial charge in [-0.15, -0.1) is 0 Å². The number of hydrogen-bond donors (Lipinski definition) is 9. The van der Waals surface area contributed by atoms with E-state index in [1.165, 1.54) is 0 Å². The third-order valence-corrected chi connectivity index (χ3v) is 0. The van der Waals surface area contributed by atoms with Crippen LogP contribution in [0.4, 0.5) is 0 Å². The van der Waals surface area contributed by atoms with Crippen LogP contribution in [0.3, 0.4) is 0 Å². The van der Waals surface area contributed by atoms with Crippen LogP contribution < -0.4 is 0 Å². The molecule has 0 amide bonds. The Morgan fingerprint density at radius 3 is 0.368 bits per heavy atom. The monoisotopic (exact) mass is 660 g/mol. The maximum absolute atomic E-state index is 8.97. The minimum atomic E-state index is -5.35. The quantitative estimate of drug-likeness (QED) is 0.110. The summed E-state index contributed by atoms with van der Waals surface area (Å²) in [7, 11) is 0. The molecule has 0 saturated carbocycles. The molecule has 0 heterocycles. The summed E-state index contributed by atoms with van der Waals surface area (Å²) < 4.78 is 92.4. The Kier molecular flexibility index (Phi) is 50.1. The molecule has 0 saturated heterocycles. The molecule has 0 aliphatic carbocycles. The Hall–Kier alpha value is 5.49. The Bertz CT molecular complexity index is 211. The molecule has 0 aromatic carbocycles. The van der Waals surface area contributed by atoms with Crippen LogP contribution >= 0.6 is 0 Å². The second-order valence-electron chi connectivity index (χ2n) is 1.54. The number of hydrogen-bond acceptors (Lipinski definition) is 3. The molecule has 104 valence electrons. The van der Waals surface area contributed by atoms with Crippen LogP contribution in [-0.2, 0) is 9.05 Å². The molecule has 0 aromatic heterocycles. The topological polar surface area (TPSA) is 233 Å². The molecule has 0 bridgehead atoms. The Balaban J connectivity index is -0.0000000206. The standard InChI is InChI=1S/4Na.9H2O.3O.3Sb.4H/h;;;;9*1H2;;;;;;;;;;/q;;;;;;;;;;;;;;;;3*+3;;;;/p-9. The fourth-order valence-electron chi connectivity index (χ4n) is 0. The van der Waals surface area contributed by atoms with Gasteiger partial charge in [-0.3, -0.25) is 0 Å². The average molecular weight is 662 g/mol. The normalized spacial score (nSPS) is 9.32. The molecule has 0 fully saturated rings. The van der Waals surface area contributed by atoms with Crippen LogP contribution in [0.2, 0.25) is 0 Å². The van der Waals surface area contributed by atoms with Gasteiger partial charge in [0.15, 0.2) is 0 Å². The Labute approximate surface area is 212 Å². The van der Waals surface area contributed by atoms with E-state index in [-0.39, 0.29) is 118 Å². The van der Waals surface area contributed by atoms with Gasteiger partial charge in [0.1, 0.15) is 0 Å². The molecule has 0 radical (unpaired) electrons. The molecule has 9 N–H and O–H groups in total. The van der Waals surface area contributed by atoms with E-state index in [2.05, 4.69) is 0 Å². The van der Waals surface area contributed by atoms with Crippen molar-refractivity contribution in [3.05, 3.63) is 0 Å². The molecular formula is H13Na4O12Sb3. The van der Waals surface area contributed by atoms with Crippen molar-refractivity contribution in [1.82, 2.24) is 0 Å². The van der Waals surface area contributed by atoms with Crippen LogP contribution in [0, 0.1) is 0 Å². The first-order valence-electron chi connectivity index (χ1n) is 2.35. The second kappa shape index (κ2) is 21.5. The SMILES string of the molecule is [NaH].[NaH].[NaH].[NaH].[O]=[Sb]([OH])([OH])[OH].[O]=[Sb]([OH])([OH])[OH].[O]=[Sb]([OH])([OH])[OH]. The first kappa shape index (κ1) is 44.2. The predicted octanol–water partition coefficient (Wildman–Crippen LogP) is -9.11. The van der Waals surface area contributed by atoms with Gasteiger partial charge < -0.3 is 0 Å². The molecule has 0 unspecified atom stereocenters. The first-order chi connectivity index (χ1) is 6.00. The first-order valence-corrected chi connectivity index (χ1v) is 15.7. The van der Waals surface area contributed by atoms with Gasteiger partial charge in [-0.2, -0.15) is 0 Å². The van der Waals surface area contributed by atoms with E-state index in [4.69, 9.17) is 39.5 Å². The summed E-state index contributed by atoms with van der Waals surface area (Å²) in [5.41, 5.74) is 0. The van der Waals surface area contributed by atoms with Crippen LogP contribution in [0.25, 0.3) is 0 Å². The molecular weight excluding hydrogens is 649 g/mol. The molecule has 19 heteroatoms. The van der Waals surface area contributed by atoms with Gasteiger partial charge in [-0.1, -0.05) is 0 Å². The molecule has 0 aliphatic heterocycles. The van der Waals surface area contributed by atoms with Gasteiger partial charge in [-0.25, -0.2) is 0 Å². The van der Waals surface area contributed by atoms with Crippen LogP contribution in [0.15, 0.2) is 0 Å². The van der Waals surface area contributed by atoms with Gasteiger partial charge in [0.25, 0.3) is 0 Å². The Morgan fingerprint density at radius 1 is 0.368 bits per heavy atom. The van der Waals surface area contributed by atoms with Gasteiger partial charge >= 0.3 is 218 Å². The fourth-order valence-corrected chi connectivity index (χ4v) is 0.